The summed E-state index contributed by atoms with van der Waals surface area (Å²) in [4.78, 5) is 0. The first-order valence-electron chi connectivity index (χ1n) is 5.20. The second kappa shape index (κ2) is 6.05. The molecule has 0 amide bonds. The number of hydrogen-bond acceptors (Lipinski definition) is 4. The van der Waals surface area contributed by atoms with E-state index in [-0.39, 0.29) is 12.3 Å². The van der Waals surface area contributed by atoms with Crippen molar-refractivity contribution in [1.82, 2.24) is 4.31 Å². The third kappa shape index (κ3) is 3.88. The molecule has 0 aliphatic carbocycles. The van der Waals surface area contributed by atoms with Crippen molar-refractivity contribution in [3.05, 3.63) is 28.8 Å². The summed E-state index contributed by atoms with van der Waals surface area (Å²) >= 11 is 5.82. The third-order valence-electron chi connectivity index (χ3n) is 2.33. The molecule has 1 N–H and O–H groups in total. The van der Waals surface area contributed by atoms with Crippen LogP contribution < -0.4 is 5.32 Å². The molecular weight excluding hydrogens is 274 g/mol. The molecule has 0 aliphatic heterocycles. The minimum absolute atomic E-state index is 0.0443. The van der Waals surface area contributed by atoms with Gasteiger partial charge in [-0.25, -0.2) is 12.7 Å². The van der Waals surface area contributed by atoms with E-state index in [1.807, 2.05) is 6.07 Å². The fourth-order valence-electron chi connectivity index (χ4n) is 1.26. The molecule has 0 unspecified atom stereocenters. The van der Waals surface area contributed by atoms with Gasteiger partial charge in [0.2, 0.25) is 10.0 Å². The lowest BCUT2D eigenvalue weighted by Gasteiger charge is -2.12. The highest BCUT2D eigenvalue weighted by atomic mass is 35.5. The van der Waals surface area contributed by atoms with Gasteiger partial charge >= 0.3 is 0 Å². The predicted molar refractivity (Wildman–Crippen MR) is 72.1 cm³/mol. The molecule has 0 bridgehead atoms. The predicted octanol–water partition coefficient (Wildman–Crippen LogP) is 1.51. The first-order valence-corrected chi connectivity index (χ1v) is 7.19. The van der Waals surface area contributed by atoms with Gasteiger partial charge in [-0.05, 0) is 18.2 Å². The molecule has 0 saturated heterocycles. The van der Waals surface area contributed by atoms with E-state index in [1.54, 1.807) is 18.2 Å². The Hall–Kier alpha value is -1.29. The van der Waals surface area contributed by atoms with Crippen LogP contribution in [-0.2, 0) is 10.0 Å². The van der Waals surface area contributed by atoms with Crippen molar-refractivity contribution in [2.24, 2.45) is 0 Å². The number of nitrogens with one attached hydrogen (secondary N) is 1. The Bertz CT molecular complexity index is 564. The number of hydrogen-bond donors (Lipinski definition) is 1. The molecule has 0 aromatic heterocycles. The van der Waals surface area contributed by atoms with E-state index in [9.17, 15) is 8.42 Å². The molecule has 0 saturated carbocycles. The van der Waals surface area contributed by atoms with E-state index in [1.165, 1.54) is 14.1 Å². The molecule has 1 aromatic carbocycles. The fraction of sp³-hybridized carbons (Fsp3) is 0.364. The van der Waals surface area contributed by atoms with Gasteiger partial charge in [0.1, 0.15) is 6.07 Å². The maximum Gasteiger partial charge on any atom is 0.215 e. The minimum Gasteiger partial charge on any atom is -0.383 e. The van der Waals surface area contributed by atoms with Gasteiger partial charge in [-0.2, -0.15) is 5.26 Å². The quantitative estimate of drug-likeness (QED) is 0.891. The Morgan fingerprint density at radius 2 is 2.11 bits per heavy atom. The number of benzene rings is 1. The van der Waals surface area contributed by atoms with Gasteiger partial charge in [0.25, 0.3) is 0 Å². The van der Waals surface area contributed by atoms with Gasteiger partial charge in [0.05, 0.1) is 17.0 Å². The molecule has 0 atom stereocenters. The van der Waals surface area contributed by atoms with E-state index < -0.39 is 10.0 Å². The van der Waals surface area contributed by atoms with Gasteiger partial charge in [0.15, 0.2) is 0 Å². The Kier molecular flexibility index (Phi) is 4.96. The minimum atomic E-state index is -3.24. The summed E-state index contributed by atoms with van der Waals surface area (Å²) in [5, 5.41) is 12.3. The Morgan fingerprint density at radius 1 is 1.44 bits per heavy atom. The normalized spacial score (nSPS) is 11.3. The van der Waals surface area contributed by atoms with Gasteiger partial charge < -0.3 is 5.32 Å². The largest absolute Gasteiger partial charge is 0.383 e. The molecule has 98 valence electrons. The van der Waals surface area contributed by atoms with Crippen LogP contribution in [0.2, 0.25) is 5.02 Å². The van der Waals surface area contributed by atoms with E-state index >= 15 is 0 Å². The molecule has 7 heteroatoms. The summed E-state index contributed by atoms with van der Waals surface area (Å²) < 4.78 is 24.2. The first kappa shape index (κ1) is 14.8. The molecule has 1 aromatic rings. The van der Waals surface area contributed by atoms with Gasteiger partial charge in [0, 0.05) is 25.7 Å². The van der Waals surface area contributed by atoms with E-state index in [4.69, 9.17) is 16.9 Å². The lowest BCUT2D eigenvalue weighted by atomic mass is 10.2. The second-order valence-corrected chi connectivity index (χ2v) is 6.57. The summed E-state index contributed by atoms with van der Waals surface area (Å²) in [6, 6.07) is 6.81. The topological polar surface area (TPSA) is 73.2 Å². The highest BCUT2D eigenvalue weighted by Gasteiger charge is 2.13. The van der Waals surface area contributed by atoms with Crippen LogP contribution >= 0.6 is 11.6 Å². The van der Waals surface area contributed by atoms with Crippen molar-refractivity contribution >= 4 is 27.3 Å². The molecule has 0 fully saturated rings. The zero-order valence-electron chi connectivity index (χ0n) is 10.1. The Labute approximate surface area is 112 Å². The van der Waals surface area contributed by atoms with Crippen molar-refractivity contribution < 1.29 is 8.42 Å². The third-order valence-corrected chi connectivity index (χ3v) is 4.40. The SMILES string of the molecule is CN(C)S(=O)(=O)CCNc1cc(Cl)ccc1C#N. The Balaban J connectivity index is 2.71. The summed E-state index contributed by atoms with van der Waals surface area (Å²) in [5.74, 6) is -0.0443. The molecule has 1 rings (SSSR count). The average molecular weight is 288 g/mol. The molecule has 0 spiro atoms. The van der Waals surface area contributed by atoms with Crippen molar-refractivity contribution in [3.8, 4) is 6.07 Å². The number of halogens is 1. The van der Waals surface area contributed by atoms with Gasteiger partial charge in [-0.3, -0.25) is 0 Å². The maximum absolute atomic E-state index is 11.5. The smallest absolute Gasteiger partial charge is 0.215 e. The van der Waals surface area contributed by atoms with Crippen molar-refractivity contribution in [2.45, 2.75) is 0 Å². The van der Waals surface area contributed by atoms with Gasteiger partial charge in [-0.15, -0.1) is 0 Å². The zero-order valence-corrected chi connectivity index (χ0v) is 11.7. The van der Waals surface area contributed by atoms with Crippen LogP contribution in [-0.4, -0.2) is 39.1 Å². The number of rotatable bonds is 5. The number of anilines is 1. The summed E-state index contributed by atoms with van der Waals surface area (Å²) in [6.45, 7) is 0.218. The summed E-state index contributed by atoms with van der Waals surface area (Å²) in [6.07, 6.45) is 0. The van der Waals surface area contributed by atoms with Crippen molar-refractivity contribution in [1.29, 1.82) is 5.26 Å². The van der Waals surface area contributed by atoms with Crippen LogP contribution in [0.3, 0.4) is 0 Å². The first-order chi connectivity index (χ1) is 8.36. The molecule has 0 aliphatic rings. The average Bonchev–Trinajstić information content (AvgIpc) is 2.29. The zero-order chi connectivity index (χ0) is 13.8. The van der Waals surface area contributed by atoms with Gasteiger partial charge in [-0.1, -0.05) is 11.6 Å². The summed E-state index contributed by atoms with van der Waals surface area (Å²) in [7, 11) is -0.280. The lowest BCUT2D eigenvalue weighted by molar-refractivity contribution is 0.521. The number of sulfonamides is 1. The molecule has 0 heterocycles. The van der Waals surface area contributed by atoms with Crippen molar-refractivity contribution in [2.75, 3.05) is 31.7 Å². The maximum atomic E-state index is 11.5. The Morgan fingerprint density at radius 3 is 2.67 bits per heavy atom. The molecule has 18 heavy (non-hydrogen) atoms. The summed E-state index contributed by atoms with van der Waals surface area (Å²) in [5.41, 5.74) is 0.973. The lowest BCUT2D eigenvalue weighted by Crippen LogP contribution is -2.28. The highest BCUT2D eigenvalue weighted by molar-refractivity contribution is 7.89. The molecular formula is C11H14ClN3O2S. The van der Waals surface area contributed by atoms with E-state index in [2.05, 4.69) is 5.32 Å². The fourth-order valence-corrected chi connectivity index (χ4v) is 2.15. The molecule has 0 radical (unpaired) electrons. The van der Waals surface area contributed by atoms with Crippen LogP contribution in [0.15, 0.2) is 18.2 Å². The molecule has 5 nitrogen and oxygen atoms in total. The van der Waals surface area contributed by atoms with Crippen LogP contribution in [0, 0.1) is 11.3 Å². The highest BCUT2D eigenvalue weighted by Crippen LogP contribution is 2.20. The van der Waals surface area contributed by atoms with Crippen LogP contribution in [0.4, 0.5) is 5.69 Å². The van der Waals surface area contributed by atoms with E-state index in [0.29, 0.717) is 16.3 Å². The number of nitrogens with zero attached hydrogens (tertiary/aromatic N) is 2. The monoisotopic (exact) mass is 287 g/mol. The van der Waals surface area contributed by atoms with E-state index in [0.717, 1.165) is 4.31 Å². The van der Waals surface area contributed by atoms with Crippen LogP contribution in [0.5, 0.6) is 0 Å². The van der Waals surface area contributed by atoms with Crippen LogP contribution in [0.25, 0.3) is 0 Å². The second-order valence-electron chi connectivity index (χ2n) is 3.83. The standard InChI is InChI=1S/C11H14ClN3O2S/c1-15(2)18(16,17)6-5-14-11-7-10(12)4-3-9(11)8-13/h3-4,7,14H,5-6H2,1-2H3. The van der Waals surface area contributed by atoms with Crippen molar-refractivity contribution in [3.63, 3.8) is 0 Å². The van der Waals surface area contributed by atoms with Crippen LogP contribution in [0.1, 0.15) is 5.56 Å². The number of nitriles is 1.